The number of benzene rings is 1. The molecule has 0 aromatic heterocycles. The average Bonchev–Trinajstić information content (AvgIpc) is 2.33. The normalized spacial score (nSPS) is 21.6. The third-order valence-electron chi connectivity index (χ3n) is 3.76. The first kappa shape index (κ1) is 15.3. The van der Waals surface area contributed by atoms with E-state index in [0.717, 1.165) is 13.0 Å². The van der Waals surface area contributed by atoms with Crippen LogP contribution in [-0.2, 0) is 9.84 Å². The minimum atomic E-state index is -2.84. The standard InChI is InChI=1S/C15H24N2O2S/c1-12-8-13(2)10-15(9-12)17(3)6-4-14-11-20(18,19)7-5-16-14/h8-10,14,16H,4-7,11H2,1-3H3. The molecule has 0 radical (unpaired) electrons. The number of hydrogen-bond donors (Lipinski definition) is 1. The van der Waals surface area contributed by atoms with Crippen molar-refractivity contribution in [3.05, 3.63) is 29.3 Å². The molecule has 1 aliphatic rings. The summed E-state index contributed by atoms with van der Waals surface area (Å²) in [6.45, 7) is 5.63. The Morgan fingerprint density at radius 1 is 1.25 bits per heavy atom. The molecule has 1 aromatic rings. The highest BCUT2D eigenvalue weighted by Crippen LogP contribution is 2.18. The summed E-state index contributed by atoms with van der Waals surface area (Å²) in [5.74, 6) is 0.546. The van der Waals surface area contributed by atoms with Crippen molar-refractivity contribution in [2.75, 3.05) is 36.5 Å². The van der Waals surface area contributed by atoms with Crippen LogP contribution in [0.3, 0.4) is 0 Å². The van der Waals surface area contributed by atoms with E-state index in [4.69, 9.17) is 0 Å². The van der Waals surface area contributed by atoms with Crippen molar-refractivity contribution in [3.8, 4) is 0 Å². The van der Waals surface area contributed by atoms with E-state index in [9.17, 15) is 8.42 Å². The van der Waals surface area contributed by atoms with Gasteiger partial charge in [0.2, 0.25) is 0 Å². The van der Waals surface area contributed by atoms with E-state index in [-0.39, 0.29) is 17.5 Å². The summed E-state index contributed by atoms with van der Waals surface area (Å²) in [4.78, 5) is 2.20. The molecule has 1 aromatic carbocycles. The number of anilines is 1. The van der Waals surface area contributed by atoms with Crippen LogP contribution in [0.15, 0.2) is 18.2 Å². The zero-order chi connectivity index (χ0) is 14.8. The number of nitrogens with one attached hydrogen (secondary N) is 1. The van der Waals surface area contributed by atoms with Gasteiger partial charge in [0.25, 0.3) is 0 Å². The largest absolute Gasteiger partial charge is 0.375 e. The fourth-order valence-corrected chi connectivity index (χ4v) is 4.20. The Balaban J connectivity index is 1.93. The maximum atomic E-state index is 11.6. The van der Waals surface area contributed by atoms with Crippen molar-refractivity contribution in [2.45, 2.75) is 26.3 Å². The Labute approximate surface area is 122 Å². The highest BCUT2D eigenvalue weighted by molar-refractivity contribution is 7.91. The highest BCUT2D eigenvalue weighted by Gasteiger charge is 2.24. The first-order chi connectivity index (χ1) is 9.35. The van der Waals surface area contributed by atoms with E-state index in [2.05, 4.69) is 49.3 Å². The van der Waals surface area contributed by atoms with Crippen LogP contribution < -0.4 is 10.2 Å². The summed E-state index contributed by atoms with van der Waals surface area (Å²) >= 11 is 0. The smallest absolute Gasteiger partial charge is 0.153 e. The molecule has 0 amide bonds. The van der Waals surface area contributed by atoms with E-state index in [1.54, 1.807) is 0 Å². The van der Waals surface area contributed by atoms with Crippen LogP contribution in [-0.4, -0.2) is 46.1 Å². The molecule has 0 aliphatic carbocycles. The second-order valence-corrected chi connectivity index (χ2v) is 8.05. The molecule has 2 rings (SSSR count). The lowest BCUT2D eigenvalue weighted by atomic mass is 10.1. The van der Waals surface area contributed by atoms with Gasteiger partial charge >= 0.3 is 0 Å². The van der Waals surface area contributed by atoms with Gasteiger partial charge in [-0.15, -0.1) is 0 Å². The van der Waals surface area contributed by atoms with E-state index in [0.29, 0.717) is 6.54 Å². The van der Waals surface area contributed by atoms with Crippen molar-refractivity contribution >= 4 is 15.5 Å². The Morgan fingerprint density at radius 3 is 2.50 bits per heavy atom. The number of aryl methyl sites for hydroxylation is 2. The summed E-state index contributed by atoms with van der Waals surface area (Å²) in [6.07, 6.45) is 0.850. The quantitative estimate of drug-likeness (QED) is 0.915. The average molecular weight is 296 g/mol. The molecule has 112 valence electrons. The lowest BCUT2D eigenvalue weighted by Crippen LogP contribution is -2.46. The van der Waals surface area contributed by atoms with Crippen molar-refractivity contribution in [2.24, 2.45) is 0 Å². The van der Waals surface area contributed by atoms with Gasteiger partial charge < -0.3 is 10.2 Å². The molecule has 1 N–H and O–H groups in total. The molecule has 20 heavy (non-hydrogen) atoms. The predicted octanol–water partition coefficient (Wildman–Crippen LogP) is 1.52. The monoisotopic (exact) mass is 296 g/mol. The lowest BCUT2D eigenvalue weighted by Gasteiger charge is -2.27. The van der Waals surface area contributed by atoms with Crippen LogP contribution in [0.25, 0.3) is 0 Å². The molecule has 1 heterocycles. The van der Waals surface area contributed by atoms with E-state index < -0.39 is 9.84 Å². The fraction of sp³-hybridized carbons (Fsp3) is 0.600. The number of rotatable bonds is 4. The minimum absolute atomic E-state index is 0.0853. The highest BCUT2D eigenvalue weighted by atomic mass is 32.2. The molecule has 1 unspecified atom stereocenters. The van der Waals surface area contributed by atoms with Gasteiger partial charge in [0.05, 0.1) is 11.5 Å². The molecule has 1 fully saturated rings. The number of sulfone groups is 1. The molecule has 1 saturated heterocycles. The van der Waals surface area contributed by atoms with Crippen LogP contribution in [0.2, 0.25) is 0 Å². The third kappa shape index (κ3) is 4.21. The second kappa shape index (κ2) is 6.14. The number of nitrogens with zero attached hydrogens (tertiary/aromatic N) is 1. The van der Waals surface area contributed by atoms with E-state index in [1.807, 2.05) is 0 Å². The molecule has 0 saturated carbocycles. The minimum Gasteiger partial charge on any atom is -0.375 e. The predicted molar refractivity (Wildman–Crippen MR) is 84.2 cm³/mol. The number of hydrogen-bond acceptors (Lipinski definition) is 4. The zero-order valence-electron chi connectivity index (χ0n) is 12.5. The Morgan fingerprint density at radius 2 is 1.90 bits per heavy atom. The first-order valence-electron chi connectivity index (χ1n) is 7.09. The summed E-state index contributed by atoms with van der Waals surface area (Å²) < 4.78 is 23.2. The molecule has 1 aliphatic heterocycles. The SMILES string of the molecule is Cc1cc(C)cc(N(C)CCC2CS(=O)(=O)CCN2)c1. The van der Waals surface area contributed by atoms with Gasteiger partial charge in [0.1, 0.15) is 0 Å². The lowest BCUT2D eigenvalue weighted by molar-refractivity contribution is 0.496. The van der Waals surface area contributed by atoms with Gasteiger partial charge in [-0.25, -0.2) is 8.42 Å². The van der Waals surface area contributed by atoms with Crippen molar-refractivity contribution in [1.29, 1.82) is 0 Å². The van der Waals surface area contributed by atoms with Crippen molar-refractivity contribution < 1.29 is 8.42 Å². The molecule has 1 atom stereocenters. The van der Waals surface area contributed by atoms with Crippen molar-refractivity contribution in [3.63, 3.8) is 0 Å². The van der Waals surface area contributed by atoms with Gasteiger partial charge in [-0.1, -0.05) is 6.07 Å². The molecule has 0 spiro atoms. The zero-order valence-corrected chi connectivity index (χ0v) is 13.3. The van der Waals surface area contributed by atoms with Gasteiger partial charge in [-0.3, -0.25) is 0 Å². The topological polar surface area (TPSA) is 49.4 Å². The van der Waals surface area contributed by atoms with Gasteiger partial charge in [0, 0.05) is 31.9 Å². The third-order valence-corrected chi connectivity index (χ3v) is 5.50. The van der Waals surface area contributed by atoms with Crippen LogP contribution in [0, 0.1) is 13.8 Å². The summed E-state index contributed by atoms with van der Waals surface area (Å²) in [5, 5.41) is 3.30. The summed E-state index contributed by atoms with van der Waals surface area (Å²) in [7, 11) is -0.778. The summed E-state index contributed by atoms with van der Waals surface area (Å²) in [6, 6.07) is 6.57. The Hall–Kier alpha value is -1.07. The maximum Gasteiger partial charge on any atom is 0.153 e. The maximum absolute atomic E-state index is 11.6. The molecule has 5 heteroatoms. The summed E-state index contributed by atoms with van der Waals surface area (Å²) in [5.41, 5.74) is 3.71. The first-order valence-corrected chi connectivity index (χ1v) is 8.91. The van der Waals surface area contributed by atoms with Crippen LogP contribution in [0.5, 0.6) is 0 Å². The van der Waals surface area contributed by atoms with Gasteiger partial charge in [-0.05, 0) is 43.5 Å². The molecular weight excluding hydrogens is 272 g/mol. The Bertz CT molecular complexity index is 549. The fourth-order valence-electron chi connectivity index (χ4n) is 2.70. The second-order valence-electron chi connectivity index (χ2n) is 5.82. The molecule has 4 nitrogen and oxygen atoms in total. The van der Waals surface area contributed by atoms with Gasteiger partial charge in [-0.2, -0.15) is 0 Å². The molecule has 0 bridgehead atoms. The van der Waals surface area contributed by atoms with Crippen molar-refractivity contribution in [1.82, 2.24) is 5.32 Å². The van der Waals surface area contributed by atoms with Crippen LogP contribution in [0.1, 0.15) is 17.5 Å². The van der Waals surface area contributed by atoms with Gasteiger partial charge in [0.15, 0.2) is 9.84 Å². The Kier molecular flexibility index (Phi) is 4.70. The molecular formula is C15H24N2O2S. The van der Waals surface area contributed by atoms with Crippen LogP contribution in [0.4, 0.5) is 5.69 Å². The van der Waals surface area contributed by atoms with Crippen LogP contribution >= 0.6 is 0 Å². The van der Waals surface area contributed by atoms with E-state index in [1.165, 1.54) is 16.8 Å². The van der Waals surface area contributed by atoms with E-state index >= 15 is 0 Å².